The van der Waals surface area contributed by atoms with Crippen LogP contribution in [0.3, 0.4) is 0 Å². The molecule has 5 heteroatoms. The van der Waals surface area contributed by atoms with Gasteiger partial charge in [-0.2, -0.15) is 0 Å². The van der Waals surface area contributed by atoms with Crippen LogP contribution < -0.4 is 10.2 Å². The number of amides is 2. The SMILES string of the molecule is CC(=O)N(CCC(=O)NCCc1ccccc1)c1ccc(Br)cc1. The highest BCUT2D eigenvalue weighted by Crippen LogP contribution is 2.18. The molecule has 0 saturated carbocycles. The first kappa shape index (κ1) is 18.2. The summed E-state index contributed by atoms with van der Waals surface area (Å²) in [6.07, 6.45) is 1.08. The fourth-order valence-corrected chi connectivity index (χ4v) is 2.65. The van der Waals surface area contributed by atoms with Gasteiger partial charge in [-0.05, 0) is 36.2 Å². The first-order valence-corrected chi connectivity index (χ1v) is 8.70. The summed E-state index contributed by atoms with van der Waals surface area (Å²) >= 11 is 3.37. The predicted octanol–water partition coefficient (Wildman–Crippen LogP) is 3.55. The molecule has 2 amide bonds. The Balaban J connectivity index is 1.80. The average Bonchev–Trinajstić information content (AvgIpc) is 2.57. The summed E-state index contributed by atoms with van der Waals surface area (Å²) in [4.78, 5) is 25.4. The second kappa shape index (κ2) is 9.23. The van der Waals surface area contributed by atoms with Gasteiger partial charge in [0.15, 0.2) is 0 Å². The van der Waals surface area contributed by atoms with Crippen LogP contribution in [-0.4, -0.2) is 24.9 Å². The van der Waals surface area contributed by atoms with Gasteiger partial charge >= 0.3 is 0 Å². The Morgan fingerprint density at radius 1 is 1.04 bits per heavy atom. The van der Waals surface area contributed by atoms with Crippen LogP contribution in [0.1, 0.15) is 18.9 Å². The molecule has 1 N–H and O–H groups in total. The lowest BCUT2D eigenvalue weighted by atomic mass is 10.1. The highest BCUT2D eigenvalue weighted by molar-refractivity contribution is 9.10. The number of benzene rings is 2. The molecule has 2 aromatic rings. The number of rotatable bonds is 7. The third-order valence-corrected chi connectivity index (χ3v) is 4.19. The van der Waals surface area contributed by atoms with E-state index in [9.17, 15) is 9.59 Å². The van der Waals surface area contributed by atoms with E-state index in [1.807, 2.05) is 54.6 Å². The highest BCUT2D eigenvalue weighted by Gasteiger charge is 2.13. The topological polar surface area (TPSA) is 49.4 Å². The molecule has 4 nitrogen and oxygen atoms in total. The molecule has 0 atom stereocenters. The van der Waals surface area contributed by atoms with Crippen molar-refractivity contribution in [3.63, 3.8) is 0 Å². The summed E-state index contributed by atoms with van der Waals surface area (Å²) in [5, 5.41) is 2.90. The van der Waals surface area contributed by atoms with Crippen molar-refractivity contribution in [2.24, 2.45) is 0 Å². The van der Waals surface area contributed by atoms with Gasteiger partial charge in [-0.3, -0.25) is 9.59 Å². The van der Waals surface area contributed by atoms with E-state index in [1.54, 1.807) is 4.90 Å². The van der Waals surface area contributed by atoms with Crippen molar-refractivity contribution in [2.45, 2.75) is 19.8 Å². The van der Waals surface area contributed by atoms with E-state index < -0.39 is 0 Å². The van der Waals surface area contributed by atoms with Crippen molar-refractivity contribution >= 4 is 33.4 Å². The number of halogens is 1. The predicted molar refractivity (Wildman–Crippen MR) is 99.9 cm³/mol. The molecule has 0 unspecified atom stereocenters. The molecule has 0 fully saturated rings. The summed E-state index contributed by atoms with van der Waals surface area (Å²) < 4.78 is 0.952. The zero-order valence-corrected chi connectivity index (χ0v) is 15.3. The van der Waals surface area contributed by atoms with Crippen LogP contribution in [0.5, 0.6) is 0 Å². The molecule has 126 valence electrons. The molecule has 0 aliphatic rings. The van der Waals surface area contributed by atoms with Crippen LogP contribution in [-0.2, 0) is 16.0 Å². The standard InChI is InChI=1S/C19H21BrN2O2/c1-15(23)22(18-9-7-17(20)8-10-18)14-12-19(24)21-13-11-16-5-3-2-4-6-16/h2-10H,11-14H2,1H3,(H,21,24). The number of anilines is 1. The lowest BCUT2D eigenvalue weighted by Crippen LogP contribution is -2.34. The van der Waals surface area contributed by atoms with Crippen LogP contribution in [0.4, 0.5) is 5.69 Å². The zero-order valence-electron chi connectivity index (χ0n) is 13.7. The van der Waals surface area contributed by atoms with Gasteiger partial charge < -0.3 is 10.2 Å². The Kier molecular flexibility index (Phi) is 7.00. The van der Waals surface area contributed by atoms with Crippen LogP contribution >= 0.6 is 15.9 Å². The van der Waals surface area contributed by atoms with E-state index in [-0.39, 0.29) is 18.2 Å². The van der Waals surface area contributed by atoms with Gasteiger partial charge in [0.2, 0.25) is 11.8 Å². The molecule has 0 aliphatic heterocycles. The van der Waals surface area contributed by atoms with E-state index in [0.29, 0.717) is 13.1 Å². The van der Waals surface area contributed by atoms with Crippen molar-refractivity contribution in [1.29, 1.82) is 0 Å². The maximum absolute atomic E-state index is 12.0. The average molecular weight is 389 g/mol. The Bertz CT molecular complexity index is 672. The molecular weight excluding hydrogens is 368 g/mol. The Hall–Kier alpha value is -2.14. The molecule has 0 radical (unpaired) electrons. The molecule has 24 heavy (non-hydrogen) atoms. The molecular formula is C19H21BrN2O2. The number of hydrogen-bond donors (Lipinski definition) is 1. The number of carbonyl (C=O) groups excluding carboxylic acids is 2. The summed E-state index contributed by atoms with van der Waals surface area (Å²) in [5.74, 6) is -0.122. The lowest BCUT2D eigenvalue weighted by Gasteiger charge is -2.21. The first-order valence-electron chi connectivity index (χ1n) is 7.90. The van der Waals surface area contributed by atoms with Crippen molar-refractivity contribution in [3.05, 3.63) is 64.6 Å². The fourth-order valence-electron chi connectivity index (χ4n) is 2.38. The summed E-state index contributed by atoms with van der Waals surface area (Å²) in [6, 6.07) is 17.5. The van der Waals surface area contributed by atoms with Gasteiger partial charge in [0, 0.05) is 36.6 Å². The minimum atomic E-state index is -0.0746. The van der Waals surface area contributed by atoms with E-state index in [4.69, 9.17) is 0 Å². The lowest BCUT2D eigenvalue weighted by molar-refractivity contribution is -0.121. The van der Waals surface area contributed by atoms with Crippen LogP contribution in [0.25, 0.3) is 0 Å². The molecule has 2 aromatic carbocycles. The molecule has 2 rings (SSSR count). The molecule has 0 heterocycles. The Morgan fingerprint density at radius 3 is 2.33 bits per heavy atom. The van der Waals surface area contributed by atoms with Gasteiger partial charge in [-0.25, -0.2) is 0 Å². The van der Waals surface area contributed by atoms with Crippen molar-refractivity contribution < 1.29 is 9.59 Å². The second-order valence-corrected chi connectivity index (χ2v) is 6.40. The normalized spacial score (nSPS) is 10.2. The summed E-state index contributed by atoms with van der Waals surface area (Å²) in [7, 11) is 0. The number of nitrogens with one attached hydrogen (secondary N) is 1. The maximum Gasteiger partial charge on any atom is 0.223 e. The highest BCUT2D eigenvalue weighted by atomic mass is 79.9. The quantitative estimate of drug-likeness (QED) is 0.788. The van der Waals surface area contributed by atoms with Crippen molar-refractivity contribution in [2.75, 3.05) is 18.0 Å². The van der Waals surface area contributed by atoms with Gasteiger partial charge in [-0.1, -0.05) is 46.3 Å². The monoisotopic (exact) mass is 388 g/mol. The zero-order chi connectivity index (χ0) is 17.4. The minimum Gasteiger partial charge on any atom is -0.356 e. The fraction of sp³-hybridized carbons (Fsp3) is 0.263. The number of hydrogen-bond acceptors (Lipinski definition) is 2. The smallest absolute Gasteiger partial charge is 0.223 e. The van der Waals surface area contributed by atoms with Gasteiger partial charge in [0.25, 0.3) is 0 Å². The first-order chi connectivity index (χ1) is 11.6. The summed E-state index contributed by atoms with van der Waals surface area (Å²) in [5.41, 5.74) is 1.99. The Labute approximate surface area is 151 Å². The van der Waals surface area contributed by atoms with Crippen LogP contribution in [0, 0.1) is 0 Å². The van der Waals surface area contributed by atoms with Crippen LogP contribution in [0.2, 0.25) is 0 Å². The largest absolute Gasteiger partial charge is 0.356 e. The van der Waals surface area contributed by atoms with E-state index in [1.165, 1.54) is 12.5 Å². The van der Waals surface area contributed by atoms with Gasteiger partial charge in [-0.15, -0.1) is 0 Å². The van der Waals surface area contributed by atoms with Crippen molar-refractivity contribution in [3.8, 4) is 0 Å². The molecule has 0 bridgehead atoms. The van der Waals surface area contributed by atoms with Gasteiger partial charge in [0.1, 0.15) is 0 Å². The minimum absolute atomic E-state index is 0.0470. The molecule has 0 spiro atoms. The number of carbonyl (C=O) groups is 2. The van der Waals surface area contributed by atoms with E-state index >= 15 is 0 Å². The molecule has 0 saturated heterocycles. The number of nitrogens with zero attached hydrogens (tertiary/aromatic N) is 1. The van der Waals surface area contributed by atoms with Crippen LogP contribution in [0.15, 0.2) is 59.1 Å². The molecule has 0 aliphatic carbocycles. The maximum atomic E-state index is 12.0. The van der Waals surface area contributed by atoms with Crippen molar-refractivity contribution in [1.82, 2.24) is 5.32 Å². The Morgan fingerprint density at radius 2 is 1.71 bits per heavy atom. The van der Waals surface area contributed by atoms with Gasteiger partial charge in [0.05, 0.1) is 0 Å². The summed E-state index contributed by atoms with van der Waals surface area (Å²) in [6.45, 7) is 2.48. The third-order valence-electron chi connectivity index (χ3n) is 3.66. The molecule has 0 aromatic heterocycles. The van der Waals surface area contributed by atoms with E-state index in [2.05, 4.69) is 21.2 Å². The third kappa shape index (κ3) is 5.81. The van der Waals surface area contributed by atoms with E-state index in [0.717, 1.165) is 16.6 Å². The second-order valence-electron chi connectivity index (χ2n) is 5.48.